The second-order valence-electron chi connectivity index (χ2n) is 5.31. The van der Waals surface area contributed by atoms with Crippen LogP contribution in [0, 0.1) is 0 Å². The summed E-state index contributed by atoms with van der Waals surface area (Å²) in [5.74, 6) is -0.148. The van der Waals surface area contributed by atoms with Gasteiger partial charge < -0.3 is 5.32 Å². The monoisotopic (exact) mass is 277 g/mol. The van der Waals surface area contributed by atoms with E-state index in [9.17, 15) is 4.79 Å². The van der Waals surface area contributed by atoms with Crippen molar-refractivity contribution in [3.8, 4) is 0 Å². The number of rotatable bonds is 7. The molecule has 1 amide bonds. The van der Waals surface area contributed by atoms with Crippen LogP contribution in [0.25, 0.3) is 0 Å². The van der Waals surface area contributed by atoms with Crippen LogP contribution >= 0.6 is 0 Å². The van der Waals surface area contributed by atoms with Gasteiger partial charge in [-0.05, 0) is 44.0 Å². The Kier molecular flexibility index (Phi) is 6.22. The third kappa shape index (κ3) is 5.03. The van der Waals surface area contributed by atoms with E-state index in [0.29, 0.717) is 12.3 Å². The quantitative estimate of drug-likeness (QED) is 0.581. The lowest BCUT2D eigenvalue weighted by Gasteiger charge is -2.15. The molecule has 0 atom stereocenters. The lowest BCUT2D eigenvalue weighted by atomic mass is 10.1. The summed E-state index contributed by atoms with van der Waals surface area (Å²) in [4.78, 5) is 17.9. The van der Waals surface area contributed by atoms with Gasteiger partial charge >= 0.3 is 11.6 Å². The van der Waals surface area contributed by atoms with Gasteiger partial charge in [-0.25, -0.2) is 0 Å². The molecule has 20 heavy (non-hydrogen) atoms. The van der Waals surface area contributed by atoms with E-state index in [1.165, 1.54) is 0 Å². The molecule has 0 aromatic heterocycles. The number of carbonyl (C=O) groups excluding carboxylic acids is 1. The standard InChI is InChI=1S/C16H24N2O2/c1-5-12-17-15(19)14(13-10-8-7-9-11-13)18-20-16(3,4)6-2/h7-11H,5-6,12H2,1-4H3,(H,17,19)/p+1/b18-14-. The fraction of sp³-hybridized carbons (Fsp3) is 0.500. The number of hydrogen-bond acceptors (Lipinski definition) is 2. The maximum absolute atomic E-state index is 12.2. The Balaban J connectivity index is 2.96. The van der Waals surface area contributed by atoms with Crippen molar-refractivity contribution >= 4 is 11.6 Å². The van der Waals surface area contributed by atoms with E-state index < -0.39 is 0 Å². The Bertz CT molecular complexity index is 453. The maximum Gasteiger partial charge on any atom is 0.320 e. The Hall–Kier alpha value is -1.84. The molecule has 0 bridgehead atoms. The molecule has 0 unspecified atom stereocenters. The van der Waals surface area contributed by atoms with Gasteiger partial charge in [-0.2, -0.15) is 0 Å². The van der Waals surface area contributed by atoms with Crippen molar-refractivity contribution in [2.24, 2.45) is 0 Å². The van der Waals surface area contributed by atoms with E-state index in [1.54, 1.807) is 0 Å². The number of nitrogens with one attached hydrogen (secondary N) is 2. The van der Waals surface area contributed by atoms with Crippen LogP contribution in [0.4, 0.5) is 0 Å². The summed E-state index contributed by atoms with van der Waals surface area (Å²) in [6, 6.07) is 9.48. The predicted octanol–water partition coefficient (Wildman–Crippen LogP) is 1.20. The zero-order chi connectivity index (χ0) is 15.0. The minimum absolute atomic E-state index is 0.148. The average Bonchev–Trinajstić information content (AvgIpc) is 2.46. The lowest BCUT2D eigenvalue weighted by molar-refractivity contribution is -0.774. The molecule has 110 valence electrons. The summed E-state index contributed by atoms with van der Waals surface area (Å²) in [5.41, 5.74) is 0.930. The highest BCUT2D eigenvalue weighted by atomic mass is 16.6. The number of amides is 1. The molecule has 0 heterocycles. The largest absolute Gasteiger partial charge is 0.347 e. The summed E-state index contributed by atoms with van der Waals surface area (Å²) in [7, 11) is 0. The first-order valence-corrected chi connectivity index (χ1v) is 7.14. The van der Waals surface area contributed by atoms with Crippen molar-refractivity contribution in [1.82, 2.24) is 5.32 Å². The van der Waals surface area contributed by atoms with Gasteiger partial charge in [-0.3, -0.25) is 9.63 Å². The summed E-state index contributed by atoms with van der Waals surface area (Å²) < 4.78 is 0. The van der Waals surface area contributed by atoms with Gasteiger partial charge in [0, 0.05) is 6.54 Å². The van der Waals surface area contributed by atoms with Crippen LogP contribution in [0.15, 0.2) is 30.3 Å². The van der Waals surface area contributed by atoms with E-state index >= 15 is 0 Å². The van der Waals surface area contributed by atoms with Crippen molar-refractivity contribution in [1.29, 1.82) is 0 Å². The fourth-order valence-corrected chi connectivity index (χ4v) is 1.43. The summed E-state index contributed by atoms with van der Waals surface area (Å²) in [6.07, 6.45) is 1.74. The molecule has 0 fully saturated rings. The maximum atomic E-state index is 12.2. The zero-order valence-corrected chi connectivity index (χ0v) is 12.8. The molecule has 0 aliphatic rings. The topological polar surface area (TPSA) is 52.3 Å². The van der Waals surface area contributed by atoms with Crippen LogP contribution in [-0.2, 0) is 9.63 Å². The van der Waals surface area contributed by atoms with Crippen molar-refractivity contribution in [3.63, 3.8) is 0 Å². The molecule has 0 radical (unpaired) electrons. The molecule has 0 spiro atoms. The molecular formula is C16H25N2O2+. The van der Waals surface area contributed by atoms with Gasteiger partial charge in [0.1, 0.15) is 0 Å². The molecular weight excluding hydrogens is 252 g/mol. The molecule has 0 saturated carbocycles. The SMILES string of the molecule is CCCNC(=O)/C(=[NH+]\OC(C)(C)CC)c1ccccc1. The molecule has 0 saturated heterocycles. The van der Waals surface area contributed by atoms with Crippen molar-refractivity contribution in [2.45, 2.75) is 46.1 Å². The second-order valence-corrected chi connectivity index (χ2v) is 5.31. The first kappa shape index (κ1) is 16.2. The van der Waals surface area contributed by atoms with Crippen LogP contribution in [0.1, 0.15) is 46.1 Å². The van der Waals surface area contributed by atoms with Crippen LogP contribution in [0.5, 0.6) is 0 Å². The van der Waals surface area contributed by atoms with Crippen LogP contribution < -0.4 is 10.5 Å². The number of benzene rings is 1. The molecule has 4 nitrogen and oxygen atoms in total. The molecule has 0 aliphatic heterocycles. The molecule has 4 heteroatoms. The Morgan fingerprint density at radius 3 is 2.45 bits per heavy atom. The highest BCUT2D eigenvalue weighted by Crippen LogP contribution is 2.08. The lowest BCUT2D eigenvalue weighted by Crippen LogP contribution is -2.78. The Morgan fingerprint density at radius 1 is 1.25 bits per heavy atom. The highest BCUT2D eigenvalue weighted by Gasteiger charge is 2.25. The van der Waals surface area contributed by atoms with Crippen molar-refractivity contribution in [3.05, 3.63) is 35.9 Å². The molecule has 1 aromatic rings. The van der Waals surface area contributed by atoms with Crippen molar-refractivity contribution in [2.75, 3.05) is 6.54 Å². The molecule has 2 N–H and O–H groups in total. The average molecular weight is 277 g/mol. The van der Waals surface area contributed by atoms with Crippen LogP contribution in [-0.4, -0.2) is 23.8 Å². The van der Waals surface area contributed by atoms with E-state index in [0.717, 1.165) is 18.4 Å². The van der Waals surface area contributed by atoms with Gasteiger partial charge in [0.2, 0.25) is 0 Å². The summed E-state index contributed by atoms with van der Waals surface area (Å²) >= 11 is 0. The van der Waals surface area contributed by atoms with E-state index in [1.807, 2.05) is 58.0 Å². The third-order valence-corrected chi connectivity index (χ3v) is 3.11. The van der Waals surface area contributed by atoms with Gasteiger partial charge in [0.15, 0.2) is 5.60 Å². The van der Waals surface area contributed by atoms with Gasteiger partial charge in [0.25, 0.3) is 0 Å². The smallest absolute Gasteiger partial charge is 0.320 e. The van der Waals surface area contributed by atoms with Crippen LogP contribution in [0.2, 0.25) is 0 Å². The van der Waals surface area contributed by atoms with Crippen molar-refractivity contribution < 1.29 is 14.8 Å². The van der Waals surface area contributed by atoms with Crippen LogP contribution in [0.3, 0.4) is 0 Å². The summed E-state index contributed by atoms with van der Waals surface area (Å²) in [5, 5.41) is 5.71. The summed E-state index contributed by atoms with van der Waals surface area (Å²) in [6.45, 7) is 8.67. The minimum Gasteiger partial charge on any atom is -0.347 e. The third-order valence-electron chi connectivity index (χ3n) is 3.11. The van der Waals surface area contributed by atoms with Gasteiger partial charge in [-0.15, -0.1) is 0 Å². The first-order chi connectivity index (χ1) is 9.50. The van der Waals surface area contributed by atoms with E-state index in [-0.39, 0.29) is 11.5 Å². The second kappa shape index (κ2) is 7.68. The number of hydrogen-bond donors (Lipinski definition) is 2. The Morgan fingerprint density at radius 2 is 1.90 bits per heavy atom. The predicted molar refractivity (Wildman–Crippen MR) is 80.3 cm³/mol. The molecule has 1 rings (SSSR count). The Labute approximate surface area is 121 Å². The minimum atomic E-state index is -0.328. The van der Waals surface area contributed by atoms with E-state index in [2.05, 4.69) is 10.5 Å². The molecule has 0 aliphatic carbocycles. The molecule has 1 aromatic carbocycles. The first-order valence-electron chi connectivity index (χ1n) is 7.14. The normalized spacial score (nSPS) is 12.1. The number of carbonyl (C=O) groups is 1. The van der Waals surface area contributed by atoms with E-state index in [4.69, 9.17) is 4.84 Å². The zero-order valence-electron chi connectivity index (χ0n) is 12.8. The van der Waals surface area contributed by atoms with Gasteiger partial charge in [0.05, 0.1) is 5.56 Å². The van der Waals surface area contributed by atoms with Gasteiger partial charge in [-0.1, -0.05) is 32.0 Å². The highest BCUT2D eigenvalue weighted by molar-refractivity contribution is 6.42. The fourth-order valence-electron chi connectivity index (χ4n) is 1.43.